The fraction of sp³-hybridized carbons (Fsp3) is 0.367. The Labute approximate surface area is 360 Å². The second-order valence-electron chi connectivity index (χ2n) is 14.4. The van der Waals surface area contributed by atoms with Gasteiger partial charge in [0.05, 0.1) is 24.3 Å². The van der Waals surface area contributed by atoms with Gasteiger partial charge < -0.3 is 34.5 Å². The number of ether oxygens (including phenoxy) is 2. The number of nitrogens with zero attached hydrogens (tertiary/aromatic N) is 2. The molecule has 3 atom stereocenters. The number of aryl methyl sites for hydroxylation is 2. The number of aromatic nitrogens is 1. The first-order valence-electron chi connectivity index (χ1n) is 20.9. The van der Waals surface area contributed by atoms with Crippen LogP contribution in [-0.4, -0.2) is 76.4 Å². The summed E-state index contributed by atoms with van der Waals surface area (Å²) in [5, 5.41) is 16.0. The van der Waals surface area contributed by atoms with E-state index in [1.165, 1.54) is 36.4 Å². The second-order valence-corrected chi connectivity index (χ2v) is 14.4. The lowest BCUT2D eigenvalue weighted by Crippen LogP contribution is -2.53. The highest BCUT2D eigenvalue weighted by Crippen LogP contribution is 2.34. The number of Topliss-reactive ketones (excluding diaryl/α,β-unsaturated/α-hetero) is 1. The molecule has 3 N–H and O–H groups in total. The molecule has 0 aliphatic carbocycles. The molecule has 2 aromatic heterocycles. The van der Waals surface area contributed by atoms with Crippen LogP contribution < -0.4 is 20.1 Å². The fourth-order valence-electron chi connectivity index (χ4n) is 6.24. The lowest BCUT2D eigenvalue weighted by molar-refractivity contribution is -0.139. The Hall–Kier alpha value is -6.43. The quantitative estimate of drug-likeness (QED) is 0.0984. The Kier molecular flexibility index (Phi) is 19.7. The number of furan rings is 1. The van der Waals surface area contributed by atoms with Gasteiger partial charge in [0.25, 0.3) is 5.91 Å². The van der Waals surface area contributed by atoms with Crippen LogP contribution in [0.5, 0.6) is 17.2 Å². The lowest BCUT2D eigenvalue weighted by Gasteiger charge is -2.26. The van der Waals surface area contributed by atoms with Crippen LogP contribution in [0.15, 0.2) is 108 Å². The lowest BCUT2D eigenvalue weighted by atomic mass is 10.1. The van der Waals surface area contributed by atoms with Crippen LogP contribution in [0.1, 0.15) is 83.7 Å². The van der Waals surface area contributed by atoms with Crippen molar-refractivity contribution in [2.45, 2.75) is 93.8 Å². The number of pyridine rings is 1. The molecule has 12 nitrogen and oxygen atoms in total. The van der Waals surface area contributed by atoms with E-state index in [1.807, 2.05) is 76.2 Å². The zero-order valence-electron chi connectivity index (χ0n) is 37.2. The molecule has 0 spiro atoms. The molecular weight excluding hydrogens is 773 g/mol. The molecule has 326 valence electrons. The van der Waals surface area contributed by atoms with Crippen LogP contribution in [0.4, 0.5) is 0 Å². The topological polar surface area (TPSA) is 160 Å². The minimum absolute atomic E-state index is 0.0525. The molecule has 1 aliphatic rings. The highest BCUT2D eigenvalue weighted by Gasteiger charge is 2.42. The summed E-state index contributed by atoms with van der Waals surface area (Å²) in [5.74, 6) is 0.918. The first-order chi connectivity index (χ1) is 29.3. The minimum atomic E-state index is -0.978. The molecule has 6 rings (SSSR count). The van der Waals surface area contributed by atoms with E-state index >= 15 is 0 Å². The molecular formula is C49H62N4O8. The van der Waals surface area contributed by atoms with Gasteiger partial charge in [0.1, 0.15) is 53.6 Å². The zero-order valence-corrected chi connectivity index (χ0v) is 37.2. The number of aromatic hydroxyl groups is 1. The maximum Gasteiger partial charge on any atom is 0.287 e. The fourth-order valence-corrected chi connectivity index (χ4v) is 6.24. The predicted octanol–water partition coefficient (Wildman–Crippen LogP) is 9.02. The number of nitrogens with one attached hydrogen (secondary N) is 2. The Morgan fingerprint density at radius 2 is 1.64 bits per heavy atom. The van der Waals surface area contributed by atoms with Crippen molar-refractivity contribution >= 4 is 34.4 Å². The van der Waals surface area contributed by atoms with Gasteiger partial charge in [0.15, 0.2) is 5.76 Å². The summed E-state index contributed by atoms with van der Waals surface area (Å²) in [5.41, 5.74) is 3.22. The molecule has 1 aliphatic heterocycles. The van der Waals surface area contributed by atoms with Gasteiger partial charge in [0, 0.05) is 29.5 Å². The van der Waals surface area contributed by atoms with E-state index < -0.39 is 35.9 Å². The van der Waals surface area contributed by atoms with Crippen molar-refractivity contribution in [3.8, 4) is 28.5 Å². The Morgan fingerprint density at radius 3 is 2.28 bits per heavy atom. The van der Waals surface area contributed by atoms with Crippen molar-refractivity contribution in [1.29, 1.82) is 0 Å². The Morgan fingerprint density at radius 1 is 0.918 bits per heavy atom. The van der Waals surface area contributed by atoms with Crippen LogP contribution in [0, 0.1) is 19.8 Å². The maximum absolute atomic E-state index is 13.6. The van der Waals surface area contributed by atoms with Gasteiger partial charge in [-0.15, -0.1) is 0 Å². The van der Waals surface area contributed by atoms with Gasteiger partial charge in [-0.05, 0) is 75.6 Å². The van der Waals surface area contributed by atoms with Gasteiger partial charge in [-0.25, -0.2) is 4.98 Å². The number of amides is 3. The molecule has 0 radical (unpaired) electrons. The van der Waals surface area contributed by atoms with Gasteiger partial charge in [0.2, 0.25) is 11.8 Å². The van der Waals surface area contributed by atoms with Crippen LogP contribution in [-0.2, 0) is 14.4 Å². The van der Waals surface area contributed by atoms with Gasteiger partial charge in [-0.2, -0.15) is 0 Å². The summed E-state index contributed by atoms with van der Waals surface area (Å²) in [6.45, 7) is 19.5. The van der Waals surface area contributed by atoms with Gasteiger partial charge >= 0.3 is 0 Å². The molecule has 3 aromatic carbocycles. The second kappa shape index (κ2) is 24.6. The van der Waals surface area contributed by atoms with E-state index in [2.05, 4.69) is 49.6 Å². The van der Waals surface area contributed by atoms with Crippen molar-refractivity contribution in [2.24, 2.45) is 5.92 Å². The third-order valence-corrected chi connectivity index (χ3v) is 9.02. The Bertz CT molecular complexity index is 2220. The van der Waals surface area contributed by atoms with Crippen molar-refractivity contribution < 1.29 is 38.2 Å². The first-order valence-corrected chi connectivity index (χ1v) is 20.9. The molecule has 1 fully saturated rings. The number of allylic oxidation sites excluding steroid dienone is 1. The average Bonchev–Trinajstić information content (AvgIpc) is 3.89. The van der Waals surface area contributed by atoms with Crippen LogP contribution >= 0.6 is 0 Å². The minimum Gasteiger partial charge on any atom is -0.508 e. The van der Waals surface area contributed by atoms with E-state index in [0.717, 1.165) is 11.3 Å². The van der Waals surface area contributed by atoms with E-state index in [9.17, 15) is 24.3 Å². The monoisotopic (exact) mass is 834 g/mol. The number of likely N-dealkylation sites (tertiary alicyclic amines) is 1. The van der Waals surface area contributed by atoms with Crippen molar-refractivity contribution in [2.75, 3.05) is 19.7 Å². The first kappa shape index (κ1) is 48.9. The number of rotatable bonds is 13. The number of ketones is 1. The summed E-state index contributed by atoms with van der Waals surface area (Å²) in [7, 11) is 0. The molecule has 3 heterocycles. The number of hydrogen-bond donors (Lipinski definition) is 3. The maximum atomic E-state index is 13.6. The molecule has 0 bridgehead atoms. The number of carbonyl (C=O) groups is 4. The molecule has 1 saturated heterocycles. The number of hydrogen-bond acceptors (Lipinski definition) is 9. The third kappa shape index (κ3) is 15.0. The van der Waals surface area contributed by atoms with E-state index in [0.29, 0.717) is 40.6 Å². The zero-order chi connectivity index (χ0) is 45.1. The van der Waals surface area contributed by atoms with Crippen molar-refractivity contribution in [3.05, 3.63) is 120 Å². The van der Waals surface area contributed by atoms with Crippen LogP contribution in [0.25, 0.3) is 22.2 Å². The number of benzene rings is 3. The largest absolute Gasteiger partial charge is 0.508 e. The van der Waals surface area contributed by atoms with Gasteiger partial charge in [-0.1, -0.05) is 96.2 Å². The third-order valence-electron chi connectivity index (χ3n) is 9.02. The molecule has 0 saturated carbocycles. The standard InChI is InChI=1S/C32H32N4O7.C13H18O.2C2H6/c1-18(37)16-33-30(39)27-14-23(17-36(27)32(41)20(3)34-31(40)28-12-9-19(2)42-28)43-29-15-25(21-7-5-4-6-8-21)35-26-13-22(38)10-11-24(26)29;1-11(2)6-5-9-14-13-8-4-7-12(3)10-13;2*1-2/h4-13,15,20,23,27,38H,14,16-17H2,1-3H3,(H,33,39)(H,34,40);4-8,10-11H,9H2,1-3H3;2*1-2H3/b;6-5-;;/t20-,23+,27?;;;/m0.../s1. The summed E-state index contributed by atoms with van der Waals surface area (Å²) in [6.07, 6.45) is 3.76. The summed E-state index contributed by atoms with van der Waals surface area (Å²) >= 11 is 0. The van der Waals surface area contributed by atoms with Gasteiger partial charge in [-0.3, -0.25) is 19.2 Å². The number of carbonyl (C=O) groups excluding carboxylic acids is 4. The molecule has 3 amide bonds. The number of phenols is 1. The van der Waals surface area contributed by atoms with E-state index in [1.54, 1.807) is 31.2 Å². The molecule has 1 unspecified atom stereocenters. The van der Waals surface area contributed by atoms with Crippen LogP contribution in [0.3, 0.4) is 0 Å². The molecule has 5 aromatic rings. The average molecular weight is 835 g/mol. The highest BCUT2D eigenvalue weighted by atomic mass is 16.5. The smallest absolute Gasteiger partial charge is 0.287 e. The number of phenolic OH excluding ortho intramolecular Hbond substituents is 1. The Balaban J connectivity index is 0.000000464. The summed E-state index contributed by atoms with van der Waals surface area (Å²) < 4.78 is 17.4. The summed E-state index contributed by atoms with van der Waals surface area (Å²) in [6, 6.07) is 25.4. The van der Waals surface area contributed by atoms with E-state index in [-0.39, 0.29) is 36.8 Å². The van der Waals surface area contributed by atoms with Crippen LogP contribution in [0.2, 0.25) is 0 Å². The van der Waals surface area contributed by atoms with Crippen molar-refractivity contribution in [1.82, 2.24) is 20.5 Å². The normalized spacial score (nSPS) is 14.7. The summed E-state index contributed by atoms with van der Waals surface area (Å²) in [4.78, 5) is 57.0. The molecule has 61 heavy (non-hydrogen) atoms. The number of fused-ring (bicyclic) bond motifs is 1. The van der Waals surface area contributed by atoms with Crippen molar-refractivity contribution in [3.63, 3.8) is 0 Å². The molecule has 12 heteroatoms. The SMILES string of the molecule is CC.CC.CC(=O)CNC(=O)C1C[C@@H](Oc2cc(-c3ccccc3)nc3cc(O)ccc23)CN1C(=O)[C@H](C)NC(=O)c1ccc(C)o1.Cc1cccc(OC/C=C\C(C)C)c1. The highest BCUT2D eigenvalue weighted by molar-refractivity contribution is 5.97. The predicted molar refractivity (Wildman–Crippen MR) is 241 cm³/mol. The van der Waals surface area contributed by atoms with E-state index in [4.69, 9.17) is 18.9 Å².